The minimum Gasteiger partial charge on any atom is -0.335 e. The average Bonchev–Trinajstić information content (AvgIpc) is 2.60. The Kier molecular flexibility index (Phi) is 3.38. The first kappa shape index (κ1) is 12.4. The fraction of sp³-hybridized carbons (Fsp3) is 0.417. The number of likely N-dealkylation sites (tertiary alicyclic amines) is 1. The Bertz CT molecular complexity index is 452. The van der Waals surface area contributed by atoms with E-state index in [0.29, 0.717) is 13.0 Å². The highest BCUT2D eigenvalue weighted by molar-refractivity contribution is 7.81. The van der Waals surface area contributed by atoms with Crippen LogP contribution < -0.4 is 0 Å². The van der Waals surface area contributed by atoms with Crippen molar-refractivity contribution in [3.05, 3.63) is 35.4 Å². The largest absolute Gasteiger partial charge is 0.335 e. The zero-order chi connectivity index (χ0) is 12.6. The van der Waals surface area contributed by atoms with Gasteiger partial charge in [-0.3, -0.25) is 4.79 Å². The van der Waals surface area contributed by atoms with Gasteiger partial charge in [0.2, 0.25) is 5.91 Å². The molecule has 1 fully saturated rings. The van der Waals surface area contributed by atoms with E-state index in [9.17, 15) is 13.6 Å². The maximum atomic E-state index is 13.6. The fourth-order valence-corrected chi connectivity index (χ4v) is 2.42. The molecular formula is C12H13F2NOS. The van der Waals surface area contributed by atoms with Crippen molar-refractivity contribution in [3.63, 3.8) is 0 Å². The third-order valence-electron chi connectivity index (χ3n) is 3.01. The number of benzene rings is 1. The Labute approximate surface area is 104 Å². The lowest BCUT2D eigenvalue weighted by Gasteiger charge is -2.25. The molecule has 0 N–H and O–H groups in total. The van der Waals surface area contributed by atoms with E-state index in [2.05, 4.69) is 12.6 Å². The molecule has 1 aliphatic rings. The van der Waals surface area contributed by atoms with Crippen molar-refractivity contribution >= 4 is 18.5 Å². The molecule has 17 heavy (non-hydrogen) atoms. The first-order valence-corrected chi connectivity index (χ1v) is 5.93. The highest BCUT2D eigenvalue weighted by atomic mass is 32.1. The van der Waals surface area contributed by atoms with E-state index in [0.717, 1.165) is 18.2 Å². The van der Waals surface area contributed by atoms with E-state index in [1.807, 2.05) is 0 Å². The van der Waals surface area contributed by atoms with Crippen LogP contribution in [0.4, 0.5) is 8.78 Å². The van der Waals surface area contributed by atoms with Gasteiger partial charge in [0.25, 0.3) is 0 Å². The van der Waals surface area contributed by atoms with Crippen LogP contribution in [0.3, 0.4) is 0 Å². The third kappa shape index (κ3) is 2.44. The summed E-state index contributed by atoms with van der Waals surface area (Å²) in [6.07, 6.45) is 0.352. The van der Waals surface area contributed by atoms with Crippen molar-refractivity contribution in [2.45, 2.75) is 24.6 Å². The predicted molar refractivity (Wildman–Crippen MR) is 63.9 cm³/mol. The number of thiol groups is 1. The number of hydrogen-bond acceptors (Lipinski definition) is 2. The van der Waals surface area contributed by atoms with E-state index in [1.54, 1.807) is 6.92 Å². The zero-order valence-corrected chi connectivity index (χ0v) is 10.3. The molecule has 1 heterocycles. The summed E-state index contributed by atoms with van der Waals surface area (Å²) >= 11 is 4.23. The lowest BCUT2D eigenvalue weighted by atomic mass is 10.1. The van der Waals surface area contributed by atoms with Crippen LogP contribution >= 0.6 is 12.6 Å². The maximum absolute atomic E-state index is 13.6. The van der Waals surface area contributed by atoms with Crippen molar-refractivity contribution in [1.82, 2.24) is 4.90 Å². The Morgan fingerprint density at radius 3 is 2.76 bits per heavy atom. The third-order valence-corrected chi connectivity index (χ3v) is 3.36. The molecule has 0 spiro atoms. The number of nitrogens with zero attached hydrogens (tertiary/aromatic N) is 1. The molecule has 1 aliphatic heterocycles. The standard InChI is InChI=1S/C12H13F2NOS/c1-7(15-6-9(17)5-12(15)16)10-4-8(13)2-3-11(10)14/h2-4,7,9,17H,5-6H2,1H3. The molecular weight excluding hydrogens is 244 g/mol. The molecule has 5 heteroatoms. The Balaban J connectivity index is 2.27. The van der Waals surface area contributed by atoms with Crippen molar-refractivity contribution in [3.8, 4) is 0 Å². The number of hydrogen-bond donors (Lipinski definition) is 1. The summed E-state index contributed by atoms with van der Waals surface area (Å²) in [5.41, 5.74) is 0.209. The van der Waals surface area contributed by atoms with Gasteiger partial charge in [0.1, 0.15) is 11.6 Å². The second-order valence-electron chi connectivity index (χ2n) is 4.25. The topological polar surface area (TPSA) is 20.3 Å². The predicted octanol–water partition coefficient (Wildman–Crippen LogP) is 2.56. The monoisotopic (exact) mass is 257 g/mol. The first-order chi connectivity index (χ1) is 7.99. The molecule has 2 rings (SSSR count). The molecule has 1 aromatic rings. The number of carbonyl (C=O) groups excluding carboxylic acids is 1. The second-order valence-corrected chi connectivity index (χ2v) is 4.98. The summed E-state index contributed by atoms with van der Waals surface area (Å²) in [6, 6.07) is 2.83. The summed E-state index contributed by atoms with van der Waals surface area (Å²) in [4.78, 5) is 13.2. The SMILES string of the molecule is CC(c1cc(F)ccc1F)N1CC(S)CC1=O. The quantitative estimate of drug-likeness (QED) is 0.807. The van der Waals surface area contributed by atoms with Gasteiger partial charge in [-0.2, -0.15) is 12.6 Å². The van der Waals surface area contributed by atoms with Crippen molar-refractivity contribution in [2.75, 3.05) is 6.54 Å². The van der Waals surface area contributed by atoms with Gasteiger partial charge in [0.15, 0.2) is 0 Å². The molecule has 0 bridgehead atoms. The van der Waals surface area contributed by atoms with Gasteiger partial charge in [-0.15, -0.1) is 0 Å². The molecule has 1 saturated heterocycles. The minimum absolute atomic E-state index is 0.0263. The Morgan fingerprint density at radius 1 is 1.47 bits per heavy atom. The Morgan fingerprint density at radius 2 is 2.18 bits per heavy atom. The van der Waals surface area contributed by atoms with Crippen molar-refractivity contribution in [1.29, 1.82) is 0 Å². The fourth-order valence-electron chi connectivity index (χ4n) is 2.09. The first-order valence-electron chi connectivity index (χ1n) is 5.41. The van der Waals surface area contributed by atoms with Crippen LogP contribution in [0.5, 0.6) is 0 Å². The highest BCUT2D eigenvalue weighted by Crippen LogP contribution is 2.29. The molecule has 2 unspecified atom stereocenters. The van der Waals surface area contributed by atoms with Crippen LogP contribution in [-0.4, -0.2) is 22.6 Å². The number of rotatable bonds is 2. The van der Waals surface area contributed by atoms with Gasteiger partial charge < -0.3 is 4.90 Å². The number of carbonyl (C=O) groups is 1. The molecule has 0 saturated carbocycles. The van der Waals surface area contributed by atoms with Gasteiger partial charge in [-0.25, -0.2) is 8.78 Å². The van der Waals surface area contributed by atoms with E-state index in [-0.39, 0.29) is 16.7 Å². The van der Waals surface area contributed by atoms with Crippen LogP contribution in [0, 0.1) is 11.6 Å². The molecule has 92 valence electrons. The van der Waals surface area contributed by atoms with Crippen LogP contribution in [-0.2, 0) is 4.79 Å². The minimum atomic E-state index is -0.498. The van der Waals surface area contributed by atoms with E-state index >= 15 is 0 Å². The van der Waals surface area contributed by atoms with Crippen LogP contribution in [0.2, 0.25) is 0 Å². The molecule has 1 amide bonds. The van der Waals surface area contributed by atoms with Crippen LogP contribution in [0.1, 0.15) is 24.9 Å². The summed E-state index contributed by atoms with van der Waals surface area (Å²) in [5.74, 6) is -1.06. The maximum Gasteiger partial charge on any atom is 0.224 e. The number of amides is 1. The van der Waals surface area contributed by atoms with E-state index in [4.69, 9.17) is 0 Å². The zero-order valence-electron chi connectivity index (χ0n) is 9.36. The molecule has 2 atom stereocenters. The molecule has 0 radical (unpaired) electrons. The lowest BCUT2D eigenvalue weighted by Crippen LogP contribution is -2.29. The average molecular weight is 257 g/mol. The molecule has 1 aromatic carbocycles. The summed E-state index contributed by atoms with van der Waals surface area (Å²) < 4.78 is 26.7. The van der Waals surface area contributed by atoms with Gasteiger partial charge in [-0.1, -0.05) is 0 Å². The lowest BCUT2D eigenvalue weighted by molar-refractivity contribution is -0.129. The van der Waals surface area contributed by atoms with Crippen LogP contribution in [0.25, 0.3) is 0 Å². The molecule has 0 aliphatic carbocycles. The highest BCUT2D eigenvalue weighted by Gasteiger charge is 2.32. The van der Waals surface area contributed by atoms with Crippen molar-refractivity contribution in [2.24, 2.45) is 0 Å². The van der Waals surface area contributed by atoms with E-state index < -0.39 is 17.7 Å². The normalized spacial score (nSPS) is 22.0. The van der Waals surface area contributed by atoms with Gasteiger partial charge >= 0.3 is 0 Å². The summed E-state index contributed by atoms with van der Waals surface area (Å²) in [7, 11) is 0. The summed E-state index contributed by atoms with van der Waals surface area (Å²) in [6.45, 7) is 2.17. The van der Waals surface area contributed by atoms with Gasteiger partial charge in [0.05, 0.1) is 6.04 Å². The number of halogens is 2. The smallest absolute Gasteiger partial charge is 0.224 e. The molecule has 2 nitrogen and oxygen atoms in total. The second kappa shape index (κ2) is 4.64. The van der Waals surface area contributed by atoms with Crippen molar-refractivity contribution < 1.29 is 13.6 Å². The van der Waals surface area contributed by atoms with Gasteiger partial charge in [-0.05, 0) is 25.1 Å². The summed E-state index contributed by atoms with van der Waals surface area (Å²) in [5, 5.41) is -0.0263. The van der Waals surface area contributed by atoms with E-state index in [1.165, 1.54) is 4.90 Å². The molecule has 0 aromatic heterocycles. The van der Waals surface area contributed by atoms with Crippen LogP contribution in [0.15, 0.2) is 18.2 Å². The Hall–Kier alpha value is -1.10. The van der Waals surface area contributed by atoms with Gasteiger partial charge in [0, 0.05) is 23.8 Å².